The van der Waals surface area contributed by atoms with E-state index in [9.17, 15) is 0 Å². The van der Waals surface area contributed by atoms with Crippen LogP contribution in [0.15, 0.2) is 470 Å². The smallest absolute Gasteiger partial charge is 0.143 e. The molecule has 0 N–H and O–H groups in total. The maximum atomic E-state index is 7.13. The molecule has 1 atom stereocenters. The van der Waals surface area contributed by atoms with Crippen LogP contribution in [0.2, 0.25) is 0 Å². The van der Waals surface area contributed by atoms with Crippen molar-refractivity contribution in [3.05, 3.63) is 506 Å². The highest BCUT2D eigenvalue weighted by molar-refractivity contribution is 6.21. The summed E-state index contributed by atoms with van der Waals surface area (Å²) in [6.07, 6.45) is 0. The maximum absolute atomic E-state index is 7.13. The van der Waals surface area contributed by atoms with Gasteiger partial charge in [0.05, 0.1) is 10.8 Å². The summed E-state index contributed by atoms with van der Waals surface area (Å²) in [4.78, 5) is 4.87. The number of benzene rings is 20. The Bertz CT molecular complexity index is 7830. The van der Waals surface area contributed by atoms with Gasteiger partial charge in [0.1, 0.15) is 22.3 Å². The Hall–Kier alpha value is -15.9. The first-order valence-corrected chi connectivity index (χ1v) is 42.1. The number of furan rings is 2. The van der Waals surface area contributed by atoms with E-state index in [1.807, 2.05) is 0 Å². The fourth-order valence-electron chi connectivity index (χ4n) is 20.6. The van der Waals surface area contributed by atoms with Gasteiger partial charge in [-0.2, -0.15) is 0 Å². The Morgan fingerprint density at radius 3 is 1.04 bits per heavy atom. The second-order valence-corrected chi connectivity index (χ2v) is 32.4. The van der Waals surface area contributed by atoms with Gasteiger partial charge in [-0.1, -0.05) is 346 Å². The van der Waals surface area contributed by atoms with Crippen molar-refractivity contribution in [2.45, 2.75) is 10.8 Å². The minimum absolute atomic E-state index is 0.588. The lowest BCUT2D eigenvalue weighted by Crippen LogP contribution is -2.28. The van der Waals surface area contributed by atoms with Gasteiger partial charge >= 0.3 is 0 Å². The average molecular weight is 1550 g/mol. The largest absolute Gasteiger partial charge is 0.455 e. The van der Waals surface area contributed by atoms with E-state index in [1.54, 1.807) is 0 Å². The summed E-state index contributed by atoms with van der Waals surface area (Å²) in [5, 5.41) is 8.82. The normalized spacial score (nSPS) is 13.7. The van der Waals surface area contributed by atoms with Crippen molar-refractivity contribution < 1.29 is 8.83 Å². The van der Waals surface area contributed by atoms with Gasteiger partial charge in [0.15, 0.2) is 0 Å². The molecule has 1 unspecified atom stereocenters. The Morgan fingerprint density at radius 2 is 0.508 bits per heavy atom. The monoisotopic (exact) mass is 1550 g/mol. The molecule has 570 valence electrons. The zero-order valence-electron chi connectivity index (χ0n) is 66.6. The quantitative estimate of drug-likeness (QED) is 0.102. The van der Waals surface area contributed by atoms with Crippen LogP contribution in [0, 0.1) is 0 Å². The summed E-state index contributed by atoms with van der Waals surface area (Å²) in [5.74, 6) is 0. The van der Waals surface area contributed by atoms with E-state index < -0.39 is 10.8 Å². The van der Waals surface area contributed by atoms with E-state index >= 15 is 0 Å². The average Bonchev–Trinajstić information content (AvgIpc) is 1.53. The van der Waals surface area contributed by atoms with Crippen LogP contribution in [0.3, 0.4) is 0 Å². The van der Waals surface area contributed by atoms with Crippen LogP contribution in [-0.4, -0.2) is 0 Å². The van der Waals surface area contributed by atoms with E-state index in [0.29, 0.717) is 0 Å². The van der Waals surface area contributed by atoms with Crippen molar-refractivity contribution in [2.75, 3.05) is 9.80 Å². The predicted molar refractivity (Wildman–Crippen MR) is 507 cm³/mol. The number of para-hydroxylation sites is 1. The Labute approximate surface area is 707 Å². The first kappa shape index (κ1) is 70.3. The molecule has 2 heterocycles. The van der Waals surface area contributed by atoms with Crippen LogP contribution in [0.4, 0.5) is 34.1 Å². The second-order valence-electron chi connectivity index (χ2n) is 32.4. The standard InChI is InChI=1S/C118H76N2O2/c1-6-27-77(28-7-1)81-30-22-31-82(71-81)79-55-62-92(63-56-79)120(96-65-70-103-101-45-18-20-49-107(101)117(109(103)76-96,87-34-8-2-9-35-87)88-36-10-3-11-37-88)94-43-24-33-85(74-94)98-48-26-52-112-114(98)106-68-59-86-72-83(58-66-100(86)116(106)122-112)78-53-60-90(61-54-78)118(89-38-12-4-13-39-89)108-50-21-19-46-102(108)104-69-64-95(75-110(104)118)119(91-40-14-5-15-41-91)93-42-23-32-84(73-93)97-47-25-51-111-113(97)105-67-57-80-29-16-17-44-99(80)115(105)121-111/h1-76H. The molecule has 4 heteroatoms. The Balaban J connectivity index is 0.593. The summed E-state index contributed by atoms with van der Waals surface area (Å²) < 4.78 is 13.9. The molecule has 22 aromatic rings. The van der Waals surface area contributed by atoms with Crippen molar-refractivity contribution in [2.24, 2.45) is 0 Å². The summed E-state index contributed by atoms with van der Waals surface area (Å²) >= 11 is 0. The van der Waals surface area contributed by atoms with Gasteiger partial charge < -0.3 is 18.6 Å². The predicted octanol–water partition coefficient (Wildman–Crippen LogP) is 31.8. The third kappa shape index (κ3) is 11.1. The van der Waals surface area contributed by atoms with E-state index in [-0.39, 0.29) is 0 Å². The number of anilines is 6. The molecular weight excluding hydrogens is 1480 g/mol. The van der Waals surface area contributed by atoms with Crippen molar-refractivity contribution in [3.63, 3.8) is 0 Å². The molecule has 0 fully saturated rings. The first-order chi connectivity index (χ1) is 60.5. The Kier molecular flexibility index (Phi) is 16.4. The number of hydrogen-bond acceptors (Lipinski definition) is 4. The molecule has 0 spiro atoms. The van der Waals surface area contributed by atoms with Crippen LogP contribution in [0.5, 0.6) is 0 Å². The Morgan fingerprint density at radius 1 is 0.172 bits per heavy atom. The number of rotatable bonds is 15. The molecular formula is C118H76N2O2. The van der Waals surface area contributed by atoms with E-state index in [4.69, 9.17) is 8.83 Å². The summed E-state index contributed by atoms with van der Waals surface area (Å²) in [6.45, 7) is 0. The third-order valence-corrected chi connectivity index (χ3v) is 26.0. The van der Waals surface area contributed by atoms with Gasteiger partial charge in [-0.15, -0.1) is 0 Å². The van der Waals surface area contributed by atoms with Gasteiger partial charge in [0, 0.05) is 66.4 Å². The number of nitrogens with zero attached hydrogens (tertiary/aromatic N) is 2. The molecule has 0 saturated carbocycles. The molecule has 0 radical (unpaired) electrons. The van der Waals surface area contributed by atoms with Crippen LogP contribution < -0.4 is 9.80 Å². The minimum Gasteiger partial charge on any atom is -0.455 e. The first-order valence-electron chi connectivity index (χ1n) is 42.1. The molecule has 4 nitrogen and oxygen atoms in total. The molecule has 122 heavy (non-hydrogen) atoms. The molecule has 0 aliphatic heterocycles. The van der Waals surface area contributed by atoms with Gasteiger partial charge in [-0.3, -0.25) is 0 Å². The van der Waals surface area contributed by atoms with Crippen LogP contribution >= 0.6 is 0 Å². The molecule has 2 aliphatic rings. The van der Waals surface area contributed by atoms with Crippen molar-refractivity contribution in [3.8, 4) is 77.9 Å². The fourth-order valence-corrected chi connectivity index (χ4v) is 20.6. The van der Waals surface area contributed by atoms with Crippen LogP contribution in [0.25, 0.3) is 143 Å². The fraction of sp³-hybridized carbons (Fsp3) is 0.0169. The zero-order chi connectivity index (χ0) is 80.4. The molecule has 0 amide bonds. The number of fused-ring (bicyclic) bond motifs is 16. The van der Waals surface area contributed by atoms with Crippen molar-refractivity contribution >= 4 is 99.5 Å². The highest BCUT2D eigenvalue weighted by Gasteiger charge is 2.48. The summed E-state index contributed by atoms with van der Waals surface area (Å²) in [5.41, 5.74) is 34.7. The van der Waals surface area contributed by atoms with Crippen LogP contribution in [0.1, 0.15) is 44.5 Å². The SMILES string of the molecule is c1ccc(-c2cccc(-c3ccc(N(c4cccc(-c5cccc6oc7c8ccc(-c9ccc(C%10(c%11ccccc%11)c%11ccccc%11-c%11ccc(N(c%12ccccc%12)c%12cccc(-c%13cccc%14oc%15c%16ccccc%16ccc%15c%13%14)c%12)cc%11%10)cc9)cc8ccc7c56)c4)c4ccc5c(c4)C(c4ccccc4)(c4ccccc4)c4ccccc4-5)cc3)c2)cc1. The molecule has 0 bridgehead atoms. The van der Waals surface area contributed by atoms with Gasteiger partial charge in [-0.25, -0.2) is 0 Å². The van der Waals surface area contributed by atoms with Gasteiger partial charge in [-0.05, 0) is 248 Å². The molecule has 20 aromatic carbocycles. The van der Waals surface area contributed by atoms with E-state index in [2.05, 4.69) is 471 Å². The van der Waals surface area contributed by atoms with Gasteiger partial charge in [0.2, 0.25) is 0 Å². The topological polar surface area (TPSA) is 32.8 Å². The zero-order valence-corrected chi connectivity index (χ0v) is 66.6. The summed E-state index contributed by atoms with van der Waals surface area (Å²) in [7, 11) is 0. The van der Waals surface area contributed by atoms with Gasteiger partial charge in [0.25, 0.3) is 0 Å². The molecule has 2 aromatic heterocycles. The molecule has 2 aliphatic carbocycles. The van der Waals surface area contributed by atoms with Crippen LogP contribution in [-0.2, 0) is 10.8 Å². The van der Waals surface area contributed by atoms with E-state index in [1.165, 1.54) is 77.9 Å². The second kappa shape index (κ2) is 28.5. The minimum atomic E-state index is -0.678. The summed E-state index contributed by atoms with van der Waals surface area (Å²) in [6, 6.07) is 170. The third-order valence-electron chi connectivity index (χ3n) is 26.0. The highest BCUT2D eigenvalue weighted by atomic mass is 16.3. The lowest BCUT2D eigenvalue weighted by Gasteiger charge is -2.35. The van der Waals surface area contributed by atoms with Crippen molar-refractivity contribution in [1.29, 1.82) is 0 Å². The van der Waals surface area contributed by atoms with E-state index in [0.717, 1.165) is 144 Å². The number of hydrogen-bond donors (Lipinski definition) is 0. The molecule has 24 rings (SSSR count). The lowest BCUT2D eigenvalue weighted by molar-refractivity contribution is 0.672. The molecule has 0 saturated heterocycles. The maximum Gasteiger partial charge on any atom is 0.143 e. The highest BCUT2D eigenvalue weighted by Crippen LogP contribution is 2.60. The lowest BCUT2D eigenvalue weighted by atomic mass is 9.67. The van der Waals surface area contributed by atoms with Crippen molar-refractivity contribution in [1.82, 2.24) is 0 Å².